The molecule has 28 heavy (non-hydrogen) atoms. The summed E-state index contributed by atoms with van der Waals surface area (Å²) in [4.78, 5) is 44.9. The standard InChI is InChI=1S/C20H29N5O3/c1-4-7-25-17-16(19(27)24-20(25)28)14(9-15(23-17)12-5-6-12)18(26)22-13(10-21)8-11(2)3/h9,11-13H,4-8,10,21H2,1-3H3,(H,22,26)(H,24,27,28). The molecule has 0 aliphatic heterocycles. The van der Waals surface area contributed by atoms with Crippen LogP contribution in [0.1, 0.15) is 68.4 Å². The van der Waals surface area contributed by atoms with Gasteiger partial charge in [-0.25, -0.2) is 9.78 Å². The number of hydrogen-bond donors (Lipinski definition) is 3. The summed E-state index contributed by atoms with van der Waals surface area (Å²) in [5.41, 5.74) is 6.06. The zero-order valence-corrected chi connectivity index (χ0v) is 16.7. The molecule has 0 aromatic carbocycles. The van der Waals surface area contributed by atoms with Gasteiger partial charge in [0.15, 0.2) is 5.65 Å². The van der Waals surface area contributed by atoms with E-state index in [0.29, 0.717) is 31.1 Å². The van der Waals surface area contributed by atoms with Crippen LogP contribution >= 0.6 is 0 Å². The molecule has 2 heterocycles. The number of carbonyl (C=O) groups is 1. The van der Waals surface area contributed by atoms with E-state index in [1.54, 1.807) is 6.07 Å². The van der Waals surface area contributed by atoms with Crippen LogP contribution in [0.4, 0.5) is 0 Å². The van der Waals surface area contributed by atoms with Gasteiger partial charge in [-0.2, -0.15) is 0 Å². The van der Waals surface area contributed by atoms with E-state index in [2.05, 4.69) is 29.1 Å². The van der Waals surface area contributed by atoms with E-state index in [9.17, 15) is 14.4 Å². The number of nitrogens with zero attached hydrogens (tertiary/aromatic N) is 2. The number of amides is 1. The van der Waals surface area contributed by atoms with Crippen molar-refractivity contribution >= 4 is 16.9 Å². The minimum atomic E-state index is -0.583. The predicted octanol–water partition coefficient (Wildman–Crippen LogP) is 1.48. The topological polar surface area (TPSA) is 123 Å². The molecule has 1 amide bonds. The molecular formula is C20H29N5O3. The lowest BCUT2D eigenvalue weighted by atomic mass is 10.0. The zero-order valence-electron chi connectivity index (χ0n) is 16.7. The first kappa shape index (κ1) is 20.3. The van der Waals surface area contributed by atoms with Gasteiger partial charge in [-0.1, -0.05) is 20.8 Å². The molecule has 8 heteroatoms. The van der Waals surface area contributed by atoms with Crippen molar-refractivity contribution in [3.8, 4) is 0 Å². The highest BCUT2D eigenvalue weighted by Crippen LogP contribution is 2.39. The Morgan fingerprint density at radius 1 is 1.39 bits per heavy atom. The number of rotatable bonds is 8. The smallest absolute Gasteiger partial charge is 0.329 e. The second-order valence-corrected chi connectivity index (χ2v) is 8.01. The van der Waals surface area contributed by atoms with Crippen LogP contribution in [0, 0.1) is 5.92 Å². The predicted molar refractivity (Wildman–Crippen MR) is 109 cm³/mol. The fraction of sp³-hybridized carbons (Fsp3) is 0.600. The van der Waals surface area contributed by atoms with Crippen LogP contribution in [0.15, 0.2) is 15.7 Å². The third kappa shape index (κ3) is 4.16. The Kier molecular flexibility index (Phi) is 5.98. The molecule has 8 nitrogen and oxygen atoms in total. The average molecular weight is 387 g/mol. The first-order valence-corrected chi connectivity index (χ1v) is 10.0. The van der Waals surface area contributed by atoms with Gasteiger partial charge >= 0.3 is 5.69 Å². The molecule has 1 aliphatic carbocycles. The maximum Gasteiger partial charge on any atom is 0.329 e. The van der Waals surface area contributed by atoms with Crippen molar-refractivity contribution in [2.45, 2.75) is 65.0 Å². The fourth-order valence-electron chi connectivity index (χ4n) is 3.54. The van der Waals surface area contributed by atoms with Crippen LogP contribution in [-0.4, -0.2) is 33.0 Å². The van der Waals surface area contributed by atoms with Gasteiger partial charge in [0.2, 0.25) is 0 Å². The monoisotopic (exact) mass is 387 g/mol. The van der Waals surface area contributed by atoms with Crippen LogP contribution in [-0.2, 0) is 6.54 Å². The number of fused-ring (bicyclic) bond motifs is 1. The Hall–Kier alpha value is -2.48. The van der Waals surface area contributed by atoms with E-state index < -0.39 is 11.2 Å². The molecule has 1 atom stereocenters. The Balaban J connectivity index is 2.15. The van der Waals surface area contributed by atoms with Gasteiger partial charge in [0.1, 0.15) is 0 Å². The summed E-state index contributed by atoms with van der Waals surface area (Å²) in [5.74, 6) is 0.308. The lowest BCUT2D eigenvalue weighted by Gasteiger charge is -2.20. The second kappa shape index (κ2) is 8.26. The van der Waals surface area contributed by atoms with E-state index >= 15 is 0 Å². The van der Waals surface area contributed by atoms with Gasteiger partial charge in [0.25, 0.3) is 11.5 Å². The molecule has 152 valence electrons. The largest absolute Gasteiger partial charge is 0.348 e. The summed E-state index contributed by atoms with van der Waals surface area (Å²) in [6.45, 7) is 6.82. The third-order valence-corrected chi connectivity index (χ3v) is 5.03. The summed E-state index contributed by atoms with van der Waals surface area (Å²) in [6.07, 6.45) is 3.46. The van der Waals surface area contributed by atoms with Crippen molar-refractivity contribution in [1.29, 1.82) is 0 Å². The molecule has 2 aromatic rings. The van der Waals surface area contributed by atoms with Crippen LogP contribution in [0.3, 0.4) is 0 Å². The van der Waals surface area contributed by atoms with Gasteiger partial charge in [-0.05, 0) is 37.7 Å². The van der Waals surface area contributed by atoms with Crippen molar-refractivity contribution in [1.82, 2.24) is 19.9 Å². The van der Waals surface area contributed by atoms with Crippen molar-refractivity contribution in [3.63, 3.8) is 0 Å². The molecule has 4 N–H and O–H groups in total. The number of H-pyrrole nitrogens is 1. The van der Waals surface area contributed by atoms with Crippen LogP contribution in [0.25, 0.3) is 11.0 Å². The number of aromatic nitrogens is 3. The van der Waals surface area contributed by atoms with Crippen LogP contribution in [0.2, 0.25) is 0 Å². The molecule has 2 aromatic heterocycles. The average Bonchev–Trinajstić information content (AvgIpc) is 3.48. The van der Waals surface area contributed by atoms with Crippen molar-refractivity contribution in [2.24, 2.45) is 11.7 Å². The van der Waals surface area contributed by atoms with Gasteiger partial charge in [-0.15, -0.1) is 0 Å². The number of carbonyl (C=O) groups excluding carboxylic acids is 1. The Morgan fingerprint density at radius 2 is 2.11 bits per heavy atom. The Labute approximate surface area is 163 Å². The number of pyridine rings is 1. The minimum absolute atomic E-state index is 0.162. The van der Waals surface area contributed by atoms with E-state index in [1.165, 1.54) is 4.57 Å². The van der Waals surface area contributed by atoms with Crippen LogP contribution < -0.4 is 22.3 Å². The molecule has 1 saturated carbocycles. The van der Waals surface area contributed by atoms with Crippen LogP contribution in [0.5, 0.6) is 0 Å². The van der Waals surface area contributed by atoms with E-state index in [0.717, 1.165) is 25.0 Å². The number of aromatic amines is 1. The Bertz CT molecular complexity index is 988. The molecule has 1 aliphatic rings. The SMILES string of the molecule is CCCn1c(=O)[nH]c(=O)c2c(C(=O)NC(CN)CC(C)C)cc(C3CC3)nc21. The van der Waals surface area contributed by atoms with Gasteiger partial charge < -0.3 is 11.1 Å². The molecule has 0 radical (unpaired) electrons. The summed E-state index contributed by atoms with van der Waals surface area (Å²) in [7, 11) is 0. The van der Waals surface area contributed by atoms with E-state index in [4.69, 9.17) is 5.73 Å². The quantitative estimate of drug-likeness (QED) is 0.633. The molecule has 0 saturated heterocycles. The summed E-state index contributed by atoms with van der Waals surface area (Å²) >= 11 is 0. The lowest BCUT2D eigenvalue weighted by Crippen LogP contribution is -2.42. The number of nitrogens with one attached hydrogen (secondary N) is 2. The highest BCUT2D eigenvalue weighted by atomic mass is 16.2. The molecule has 1 fully saturated rings. The highest BCUT2D eigenvalue weighted by Gasteiger charge is 2.29. The first-order valence-electron chi connectivity index (χ1n) is 10.0. The summed E-state index contributed by atoms with van der Waals surface area (Å²) < 4.78 is 1.45. The zero-order chi connectivity index (χ0) is 20.4. The van der Waals surface area contributed by atoms with Crippen molar-refractivity contribution in [3.05, 3.63) is 38.2 Å². The summed E-state index contributed by atoms with van der Waals surface area (Å²) in [6, 6.07) is 1.52. The number of nitrogens with two attached hydrogens (primary N) is 1. The molecular weight excluding hydrogens is 358 g/mol. The van der Waals surface area contributed by atoms with Gasteiger partial charge in [0.05, 0.1) is 10.9 Å². The summed E-state index contributed by atoms with van der Waals surface area (Å²) in [5, 5.41) is 3.12. The van der Waals surface area contributed by atoms with Crippen molar-refractivity contribution in [2.75, 3.05) is 6.54 Å². The number of hydrogen-bond acceptors (Lipinski definition) is 5. The molecule has 0 bridgehead atoms. The molecule has 0 spiro atoms. The Morgan fingerprint density at radius 3 is 2.68 bits per heavy atom. The minimum Gasteiger partial charge on any atom is -0.348 e. The maximum absolute atomic E-state index is 13.1. The van der Waals surface area contributed by atoms with E-state index in [1.807, 2.05) is 6.92 Å². The molecule has 1 unspecified atom stereocenters. The normalized spacial score (nSPS) is 15.2. The highest BCUT2D eigenvalue weighted by molar-refractivity contribution is 6.05. The van der Waals surface area contributed by atoms with Gasteiger partial charge in [0, 0.05) is 30.7 Å². The fourth-order valence-corrected chi connectivity index (χ4v) is 3.54. The lowest BCUT2D eigenvalue weighted by molar-refractivity contribution is 0.0935. The second-order valence-electron chi connectivity index (χ2n) is 8.01. The maximum atomic E-state index is 13.1. The third-order valence-electron chi connectivity index (χ3n) is 5.03. The van der Waals surface area contributed by atoms with Crippen molar-refractivity contribution < 1.29 is 4.79 Å². The molecule has 3 rings (SSSR count). The first-order chi connectivity index (χ1) is 13.3. The van der Waals surface area contributed by atoms with Gasteiger partial charge in [-0.3, -0.25) is 19.1 Å². The number of aryl methyl sites for hydroxylation is 1. The van der Waals surface area contributed by atoms with E-state index in [-0.39, 0.29) is 28.8 Å².